The van der Waals surface area contributed by atoms with Crippen LogP contribution in [0.25, 0.3) is 0 Å². The molecule has 2 aliphatic heterocycles. The molecule has 0 saturated carbocycles. The van der Waals surface area contributed by atoms with Gasteiger partial charge < -0.3 is 14.8 Å². The zero-order valence-corrected chi connectivity index (χ0v) is 12.5. The predicted octanol–water partition coefficient (Wildman–Crippen LogP) is 3.30. The molecule has 2 saturated heterocycles. The lowest BCUT2D eigenvalue weighted by atomic mass is 9.81. The van der Waals surface area contributed by atoms with E-state index in [-0.39, 0.29) is 0 Å². The van der Waals surface area contributed by atoms with Crippen molar-refractivity contribution in [1.82, 2.24) is 5.32 Å². The van der Waals surface area contributed by atoms with E-state index >= 15 is 0 Å². The molecule has 0 spiro atoms. The number of nitrogens with one attached hydrogen (secondary N) is 1. The lowest BCUT2D eigenvalue weighted by Crippen LogP contribution is -2.32. The number of fused-ring (bicyclic) bond motifs is 2. The molecule has 110 valence electrons. The summed E-state index contributed by atoms with van der Waals surface area (Å²) in [4.78, 5) is 0. The van der Waals surface area contributed by atoms with E-state index in [0.717, 1.165) is 18.8 Å². The minimum Gasteiger partial charge on any atom is -0.493 e. The van der Waals surface area contributed by atoms with Crippen LogP contribution in [0.5, 0.6) is 5.75 Å². The monoisotopic (exact) mass is 275 g/mol. The minimum absolute atomic E-state index is 0.332. The van der Waals surface area contributed by atoms with Crippen LogP contribution < -0.4 is 10.1 Å². The molecule has 1 aromatic carbocycles. The fourth-order valence-corrected chi connectivity index (χ4v) is 3.71. The van der Waals surface area contributed by atoms with Crippen LogP contribution in [0.15, 0.2) is 24.3 Å². The van der Waals surface area contributed by atoms with E-state index in [1.807, 2.05) is 7.05 Å². The van der Waals surface area contributed by atoms with E-state index in [1.165, 1.54) is 24.8 Å². The summed E-state index contributed by atoms with van der Waals surface area (Å²) < 4.78 is 12.0. The van der Waals surface area contributed by atoms with Crippen molar-refractivity contribution in [3.63, 3.8) is 0 Å². The summed E-state index contributed by atoms with van der Waals surface area (Å²) in [6, 6.07) is 8.77. The first-order valence-electron chi connectivity index (χ1n) is 7.88. The second kappa shape index (κ2) is 6.15. The Kier molecular flexibility index (Phi) is 4.27. The van der Waals surface area contributed by atoms with Gasteiger partial charge in [-0.3, -0.25) is 0 Å². The van der Waals surface area contributed by atoms with E-state index in [9.17, 15) is 0 Å². The summed E-state index contributed by atoms with van der Waals surface area (Å²) in [6.45, 7) is 2.92. The van der Waals surface area contributed by atoms with Crippen molar-refractivity contribution in [2.75, 3.05) is 13.7 Å². The molecule has 2 bridgehead atoms. The molecule has 20 heavy (non-hydrogen) atoms. The number of ether oxygens (including phenoxy) is 2. The van der Waals surface area contributed by atoms with Crippen LogP contribution in [-0.4, -0.2) is 25.9 Å². The summed E-state index contributed by atoms with van der Waals surface area (Å²) in [5.41, 5.74) is 1.28. The summed E-state index contributed by atoms with van der Waals surface area (Å²) >= 11 is 0. The molecule has 2 aliphatic rings. The highest BCUT2D eigenvalue weighted by molar-refractivity contribution is 5.36. The van der Waals surface area contributed by atoms with Gasteiger partial charge in [-0.1, -0.05) is 25.1 Å². The Morgan fingerprint density at radius 2 is 2.20 bits per heavy atom. The lowest BCUT2D eigenvalue weighted by Gasteiger charge is -2.29. The first-order chi connectivity index (χ1) is 9.83. The zero-order valence-electron chi connectivity index (χ0n) is 12.5. The van der Waals surface area contributed by atoms with Gasteiger partial charge in [0.1, 0.15) is 5.75 Å². The third-order valence-corrected chi connectivity index (χ3v) is 4.61. The van der Waals surface area contributed by atoms with Crippen molar-refractivity contribution < 1.29 is 9.47 Å². The molecule has 2 heterocycles. The Hall–Kier alpha value is -1.06. The van der Waals surface area contributed by atoms with Gasteiger partial charge in [-0.05, 0) is 38.8 Å². The van der Waals surface area contributed by atoms with Gasteiger partial charge in [-0.25, -0.2) is 0 Å². The van der Waals surface area contributed by atoms with E-state index in [1.54, 1.807) is 0 Å². The maximum absolute atomic E-state index is 6.03. The van der Waals surface area contributed by atoms with Crippen LogP contribution in [0.3, 0.4) is 0 Å². The Bertz CT molecular complexity index is 448. The molecule has 4 unspecified atom stereocenters. The van der Waals surface area contributed by atoms with Gasteiger partial charge in [0.05, 0.1) is 18.8 Å². The third-order valence-electron chi connectivity index (χ3n) is 4.61. The second-order valence-corrected chi connectivity index (χ2v) is 5.93. The maximum Gasteiger partial charge on any atom is 0.124 e. The third kappa shape index (κ3) is 2.57. The minimum atomic E-state index is 0.332. The number of benzene rings is 1. The van der Waals surface area contributed by atoms with Crippen molar-refractivity contribution >= 4 is 0 Å². The van der Waals surface area contributed by atoms with Gasteiger partial charge in [0.2, 0.25) is 0 Å². The molecule has 0 radical (unpaired) electrons. The zero-order chi connectivity index (χ0) is 13.9. The molecule has 1 N–H and O–H groups in total. The Labute approximate surface area is 121 Å². The van der Waals surface area contributed by atoms with E-state index in [4.69, 9.17) is 9.47 Å². The highest BCUT2D eigenvalue weighted by atomic mass is 16.5. The molecule has 0 aromatic heterocycles. The molecule has 0 aliphatic carbocycles. The molecule has 3 nitrogen and oxygen atoms in total. The quantitative estimate of drug-likeness (QED) is 0.864. The Morgan fingerprint density at radius 3 is 2.85 bits per heavy atom. The van der Waals surface area contributed by atoms with Crippen LogP contribution in [0.1, 0.15) is 44.2 Å². The normalized spacial score (nSPS) is 29.6. The van der Waals surface area contributed by atoms with Crippen LogP contribution in [0.2, 0.25) is 0 Å². The predicted molar refractivity (Wildman–Crippen MR) is 80.0 cm³/mol. The number of hydrogen-bond acceptors (Lipinski definition) is 3. The number of para-hydroxylation sites is 1. The number of hydrogen-bond donors (Lipinski definition) is 1. The highest BCUT2D eigenvalue weighted by Crippen LogP contribution is 2.46. The molecule has 4 atom stereocenters. The lowest BCUT2D eigenvalue weighted by molar-refractivity contribution is 0.0860. The number of rotatable bonds is 6. The van der Waals surface area contributed by atoms with Gasteiger partial charge in [0, 0.05) is 17.5 Å². The topological polar surface area (TPSA) is 30.5 Å². The van der Waals surface area contributed by atoms with Crippen molar-refractivity contribution in [2.24, 2.45) is 5.92 Å². The summed E-state index contributed by atoms with van der Waals surface area (Å²) in [5.74, 6) is 1.60. The molecular formula is C17H25NO2. The van der Waals surface area contributed by atoms with Crippen molar-refractivity contribution in [3.05, 3.63) is 29.8 Å². The van der Waals surface area contributed by atoms with Gasteiger partial charge in [-0.15, -0.1) is 0 Å². The maximum atomic E-state index is 6.03. The average molecular weight is 275 g/mol. The summed E-state index contributed by atoms with van der Waals surface area (Å²) in [5, 5.41) is 3.50. The van der Waals surface area contributed by atoms with Crippen LogP contribution in [0.4, 0.5) is 0 Å². The van der Waals surface area contributed by atoms with Crippen molar-refractivity contribution in [1.29, 1.82) is 0 Å². The first kappa shape index (κ1) is 13.9. The standard InChI is InChI=1S/C17H25NO2/c1-3-10-19-15-7-5-4-6-13(15)17(18-2)14-11-12-8-9-16(14)20-12/h4-7,12,14,16-18H,3,8-11H2,1-2H3. The van der Waals surface area contributed by atoms with Crippen LogP contribution in [-0.2, 0) is 4.74 Å². The highest BCUT2D eigenvalue weighted by Gasteiger charge is 2.44. The fourth-order valence-electron chi connectivity index (χ4n) is 3.71. The second-order valence-electron chi connectivity index (χ2n) is 5.93. The molecule has 1 aromatic rings. The molecule has 3 heteroatoms. The van der Waals surface area contributed by atoms with Crippen molar-refractivity contribution in [2.45, 2.75) is 50.9 Å². The molecule has 2 fully saturated rings. The molecule has 3 rings (SSSR count). The largest absolute Gasteiger partial charge is 0.493 e. The smallest absolute Gasteiger partial charge is 0.124 e. The summed E-state index contributed by atoms with van der Waals surface area (Å²) in [6.07, 6.45) is 5.59. The molecular weight excluding hydrogens is 250 g/mol. The van der Waals surface area contributed by atoms with E-state index in [0.29, 0.717) is 24.2 Å². The van der Waals surface area contributed by atoms with Crippen LogP contribution >= 0.6 is 0 Å². The SMILES string of the molecule is CCCOc1ccccc1C(NC)C1CC2CCC1O2. The summed E-state index contributed by atoms with van der Waals surface area (Å²) in [7, 11) is 2.05. The van der Waals surface area contributed by atoms with Crippen molar-refractivity contribution in [3.8, 4) is 5.75 Å². The first-order valence-corrected chi connectivity index (χ1v) is 7.88. The van der Waals surface area contributed by atoms with Crippen LogP contribution in [0, 0.1) is 5.92 Å². The fraction of sp³-hybridized carbons (Fsp3) is 0.647. The van der Waals surface area contributed by atoms with E-state index in [2.05, 4.69) is 36.5 Å². The van der Waals surface area contributed by atoms with E-state index < -0.39 is 0 Å². The Balaban J connectivity index is 1.82. The van der Waals surface area contributed by atoms with Gasteiger partial charge >= 0.3 is 0 Å². The van der Waals surface area contributed by atoms with Gasteiger partial charge in [0.15, 0.2) is 0 Å². The molecule has 0 amide bonds. The van der Waals surface area contributed by atoms with Gasteiger partial charge in [0.25, 0.3) is 0 Å². The average Bonchev–Trinajstić information content (AvgIpc) is 3.10. The Morgan fingerprint density at radius 1 is 1.35 bits per heavy atom. The van der Waals surface area contributed by atoms with Gasteiger partial charge in [-0.2, -0.15) is 0 Å².